The van der Waals surface area contributed by atoms with Crippen LogP contribution in [-0.4, -0.2) is 59.9 Å². The second kappa shape index (κ2) is 6.45. The lowest BCUT2D eigenvalue weighted by atomic mass is 10.2. The van der Waals surface area contributed by atoms with Crippen molar-refractivity contribution in [1.82, 2.24) is 14.5 Å². The van der Waals surface area contributed by atoms with Gasteiger partial charge in [-0.05, 0) is 32.4 Å². The molecule has 0 aliphatic carbocycles. The lowest BCUT2D eigenvalue weighted by Crippen LogP contribution is -2.49. The molecule has 0 atom stereocenters. The highest BCUT2D eigenvalue weighted by atomic mass is 32.2. The molecular formula is C16H20N4O3S. The van der Waals surface area contributed by atoms with E-state index in [-0.39, 0.29) is 28.3 Å². The zero-order valence-electron chi connectivity index (χ0n) is 14.0. The van der Waals surface area contributed by atoms with Crippen molar-refractivity contribution >= 4 is 28.7 Å². The molecule has 1 aromatic carbocycles. The van der Waals surface area contributed by atoms with Gasteiger partial charge in [0, 0.05) is 42.0 Å². The van der Waals surface area contributed by atoms with E-state index in [9.17, 15) is 14.9 Å². The minimum absolute atomic E-state index is 0.0830. The van der Waals surface area contributed by atoms with Crippen molar-refractivity contribution in [3.05, 3.63) is 39.7 Å². The quantitative estimate of drug-likeness (QED) is 0.604. The van der Waals surface area contributed by atoms with Gasteiger partial charge in [0.15, 0.2) is 0 Å². The maximum absolute atomic E-state index is 12.8. The first kappa shape index (κ1) is 16.8. The molecule has 0 spiro atoms. The maximum atomic E-state index is 12.8. The fourth-order valence-electron chi connectivity index (χ4n) is 2.91. The number of rotatable bonds is 2. The molecule has 0 unspecified atom stereocenters. The summed E-state index contributed by atoms with van der Waals surface area (Å²) in [6.07, 6.45) is 1.89. The van der Waals surface area contributed by atoms with Gasteiger partial charge in [0.2, 0.25) is 0 Å². The van der Waals surface area contributed by atoms with Gasteiger partial charge >= 0.3 is 11.6 Å². The SMILES string of the molecule is CSc1ccc2c(c1)[n+](=O)c(C(=O)N1CCN(C)CC1)c(C)n2[O-]. The summed E-state index contributed by atoms with van der Waals surface area (Å²) in [5.74, 6) is -0.378. The summed E-state index contributed by atoms with van der Waals surface area (Å²) in [6, 6.07) is 5.07. The molecule has 8 heteroatoms. The molecule has 1 amide bonds. The number of hydrogen-bond acceptors (Lipinski definition) is 5. The van der Waals surface area contributed by atoms with E-state index in [1.807, 2.05) is 13.3 Å². The number of amides is 1. The van der Waals surface area contributed by atoms with E-state index >= 15 is 0 Å². The average molecular weight is 348 g/mol. The van der Waals surface area contributed by atoms with Gasteiger partial charge in [0.25, 0.3) is 5.52 Å². The average Bonchev–Trinajstić information content (AvgIpc) is 2.60. The summed E-state index contributed by atoms with van der Waals surface area (Å²) in [4.78, 5) is 30.3. The van der Waals surface area contributed by atoms with Gasteiger partial charge in [-0.2, -0.15) is 0 Å². The Kier molecular flexibility index (Phi) is 4.51. The molecular weight excluding hydrogens is 328 g/mol. The summed E-state index contributed by atoms with van der Waals surface area (Å²) < 4.78 is 1.29. The molecule has 1 fully saturated rings. The number of piperazine rings is 1. The molecule has 24 heavy (non-hydrogen) atoms. The van der Waals surface area contributed by atoms with Crippen molar-refractivity contribution in [3.8, 4) is 0 Å². The first-order chi connectivity index (χ1) is 11.4. The molecule has 7 nitrogen and oxygen atoms in total. The molecule has 128 valence electrons. The zero-order chi connectivity index (χ0) is 17.4. The molecule has 1 aliphatic rings. The molecule has 0 saturated carbocycles. The van der Waals surface area contributed by atoms with E-state index in [0.717, 1.165) is 18.0 Å². The molecule has 0 radical (unpaired) electrons. The second-order valence-electron chi connectivity index (χ2n) is 5.97. The number of carbonyl (C=O) groups excluding carboxylic acids is 1. The topological polar surface area (TPSA) is 74.5 Å². The van der Waals surface area contributed by atoms with Crippen LogP contribution in [0.25, 0.3) is 11.0 Å². The van der Waals surface area contributed by atoms with Crippen molar-refractivity contribution in [2.75, 3.05) is 39.5 Å². The van der Waals surface area contributed by atoms with Crippen LogP contribution in [0.2, 0.25) is 0 Å². The standard InChI is InChI=1S/C16H20N4O3S/c1-11-15(16(21)18-8-6-17(2)7-9-18)20(23)14-10-12(24-3)4-5-13(14)19(11)22/h4-5,10H,6-9H2,1-3H3. The van der Waals surface area contributed by atoms with Gasteiger partial charge in [-0.25, -0.2) is 0 Å². The van der Waals surface area contributed by atoms with Crippen LogP contribution in [0.1, 0.15) is 16.2 Å². The number of aromatic nitrogens is 2. The number of nitrogens with zero attached hydrogens (tertiary/aromatic N) is 4. The number of fused-ring (bicyclic) bond motifs is 1. The first-order valence-corrected chi connectivity index (χ1v) is 8.97. The van der Waals surface area contributed by atoms with E-state index in [0.29, 0.717) is 22.2 Å². The monoisotopic (exact) mass is 348 g/mol. The molecule has 1 saturated heterocycles. The van der Waals surface area contributed by atoms with Crippen LogP contribution in [0.4, 0.5) is 0 Å². The first-order valence-electron chi connectivity index (χ1n) is 7.75. The molecule has 2 aromatic rings. The van der Waals surface area contributed by atoms with Crippen molar-refractivity contribution in [3.63, 3.8) is 0 Å². The third kappa shape index (κ3) is 2.76. The number of benzene rings is 1. The van der Waals surface area contributed by atoms with Crippen LogP contribution in [0.5, 0.6) is 0 Å². The summed E-state index contributed by atoms with van der Waals surface area (Å²) in [5, 5.41) is 12.5. The molecule has 3 rings (SSSR count). The number of likely N-dealkylation sites (N-methyl/N-ethyl adjacent to an activating group) is 1. The van der Waals surface area contributed by atoms with Crippen molar-refractivity contribution in [2.45, 2.75) is 11.8 Å². The van der Waals surface area contributed by atoms with Crippen molar-refractivity contribution < 1.29 is 9.22 Å². The summed E-state index contributed by atoms with van der Waals surface area (Å²) >= 11 is 1.48. The van der Waals surface area contributed by atoms with Crippen LogP contribution in [0.3, 0.4) is 0 Å². The van der Waals surface area contributed by atoms with Gasteiger partial charge in [-0.1, -0.05) is 0 Å². The maximum Gasteiger partial charge on any atom is 0.346 e. The Hall–Kier alpha value is -2.06. The van der Waals surface area contributed by atoms with E-state index in [2.05, 4.69) is 4.90 Å². The Balaban J connectivity index is 2.13. The van der Waals surface area contributed by atoms with Crippen LogP contribution in [-0.2, 0) is 0 Å². The Morgan fingerprint density at radius 3 is 2.54 bits per heavy atom. The van der Waals surface area contributed by atoms with E-state index in [1.165, 1.54) is 18.7 Å². The van der Waals surface area contributed by atoms with Crippen LogP contribution < -0.4 is 4.43 Å². The highest BCUT2D eigenvalue weighted by molar-refractivity contribution is 7.98. The highest BCUT2D eigenvalue weighted by Crippen LogP contribution is 2.21. The number of thioether (sulfide) groups is 1. The third-order valence-electron chi connectivity index (χ3n) is 4.46. The summed E-state index contributed by atoms with van der Waals surface area (Å²) in [5.41, 5.74) is 0.550. The van der Waals surface area contributed by atoms with Crippen LogP contribution in [0, 0.1) is 17.0 Å². The zero-order valence-corrected chi connectivity index (χ0v) is 14.8. The van der Waals surface area contributed by atoms with E-state index in [4.69, 9.17) is 0 Å². The lowest BCUT2D eigenvalue weighted by molar-refractivity contribution is -0.469. The lowest BCUT2D eigenvalue weighted by Gasteiger charge is -2.31. The van der Waals surface area contributed by atoms with Gasteiger partial charge < -0.3 is 19.7 Å². The largest absolute Gasteiger partial charge is 0.805 e. The van der Waals surface area contributed by atoms with Gasteiger partial charge in [-0.15, -0.1) is 11.8 Å². The number of carbonyl (C=O) groups is 1. The summed E-state index contributed by atoms with van der Waals surface area (Å²) in [7, 11) is 1.99. The van der Waals surface area contributed by atoms with Crippen molar-refractivity contribution in [2.24, 2.45) is 0 Å². The minimum atomic E-state index is -0.378. The predicted molar refractivity (Wildman–Crippen MR) is 94.0 cm³/mol. The van der Waals surface area contributed by atoms with E-state index < -0.39 is 0 Å². The van der Waals surface area contributed by atoms with Crippen molar-refractivity contribution in [1.29, 1.82) is 0 Å². The highest BCUT2D eigenvalue weighted by Gasteiger charge is 2.32. The van der Waals surface area contributed by atoms with Gasteiger partial charge in [0.1, 0.15) is 5.52 Å². The Labute approximate surface area is 144 Å². The Bertz CT molecular complexity index is 857. The Morgan fingerprint density at radius 2 is 1.92 bits per heavy atom. The van der Waals surface area contributed by atoms with Gasteiger partial charge in [0.05, 0.1) is 10.1 Å². The fourth-order valence-corrected chi connectivity index (χ4v) is 3.34. The van der Waals surface area contributed by atoms with Gasteiger partial charge in [-0.3, -0.25) is 4.79 Å². The third-order valence-corrected chi connectivity index (χ3v) is 5.19. The van der Waals surface area contributed by atoms with E-state index in [1.54, 1.807) is 23.1 Å². The molecule has 2 heterocycles. The van der Waals surface area contributed by atoms with Crippen LogP contribution in [0.15, 0.2) is 23.1 Å². The molecule has 0 bridgehead atoms. The molecule has 0 N–H and O–H groups in total. The predicted octanol–water partition coefficient (Wildman–Crippen LogP) is 1.32. The number of hydrogen-bond donors (Lipinski definition) is 0. The fraction of sp³-hybridized carbons (Fsp3) is 0.438. The smallest absolute Gasteiger partial charge is 0.346 e. The minimum Gasteiger partial charge on any atom is -0.805 e. The normalized spacial score (nSPS) is 15.9. The Morgan fingerprint density at radius 1 is 1.25 bits per heavy atom. The molecule has 1 aliphatic heterocycles. The molecule has 1 aromatic heterocycles. The second-order valence-corrected chi connectivity index (χ2v) is 6.85. The summed E-state index contributed by atoms with van der Waals surface area (Å²) in [6.45, 7) is 4.14. The van der Waals surface area contributed by atoms with Crippen LogP contribution >= 0.6 is 11.8 Å².